The Balaban J connectivity index is -0.000000411. The molecule has 0 amide bonds. The summed E-state index contributed by atoms with van der Waals surface area (Å²) in [6.45, 7) is 21.5. The molecule has 168 valence electrons. The van der Waals surface area contributed by atoms with Crippen molar-refractivity contribution in [2.45, 2.75) is 119 Å². The Morgan fingerprint density at radius 3 is 0.593 bits per heavy atom. The second-order valence-corrected chi connectivity index (χ2v) is 7.80. The van der Waals surface area contributed by atoms with Gasteiger partial charge in [-0.15, -0.1) is 12.4 Å². The molecule has 0 saturated heterocycles. The van der Waals surface area contributed by atoms with Crippen LogP contribution in [0.3, 0.4) is 0 Å². The van der Waals surface area contributed by atoms with E-state index in [1.165, 1.54) is 116 Å². The van der Waals surface area contributed by atoms with E-state index >= 15 is 0 Å². The summed E-state index contributed by atoms with van der Waals surface area (Å²) in [7, 11) is 0. The fourth-order valence-corrected chi connectivity index (χ4v) is 2.96. The highest BCUT2D eigenvalue weighted by atomic mass is 35.5. The monoisotopic (exact) mass is 406 g/mol. The molecule has 3 heteroatoms. The van der Waals surface area contributed by atoms with Gasteiger partial charge in [-0.25, -0.2) is 0 Å². The van der Waals surface area contributed by atoms with Gasteiger partial charge in [0, 0.05) is 0 Å². The molecule has 0 atom stereocenters. The minimum atomic E-state index is 0. The largest absolute Gasteiger partial charge is 0.303 e. The highest BCUT2D eigenvalue weighted by molar-refractivity contribution is 5.85. The summed E-state index contributed by atoms with van der Waals surface area (Å²) in [6.07, 6.45) is 16.2. The zero-order valence-corrected chi connectivity index (χ0v) is 20.8. The summed E-state index contributed by atoms with van der Waals surface area (Å²) in [6, 6.07) is 0. The molecule has 0 radical (unpaired) electrons. The third-order valence-corrected chi connectivity index (χ3v) is 4.97. The lowest BCUT2D eigenvalue weighted by Crippen LogP contribution is -2.27. The van der Waals surface area contributed by atoms with E-state index in [0.29, 0.717) is 0 Å². The molecule has 0 aliphatic carbocycles. The second-order valence-electron chi connectivity index (χ2n) is 7.80. The lowest BCUT2D eigenvalue weighted by atomic mass is 10.2. The molecular weight excluding hydrogens is 352 g/mol. The Morgan fingerprint density at radius 1 is 0.333 bits per heavy atom. The topological polar surface area (TPSA) is 6.48 Å². The molecule has 0 rings (SSSR count). The first-order valence-electron chi connectivity index (χ1n) is 12.1. The Morgan fingerprint density at radius 2 is 0.481 bits per heavy atom. The molecule has 27 heavy (non-hydrogen) atoms. The zero-order chi connectivity index (χ0) is 19.9. The predicted molar refractivity (Wildman–Crippen MR) is 130 cm³/mol. The van der Waals surface area contributed by atoms with Crippen LogP contribution in [0.25, 0.3) is 0 Å². The van der Waals surface area contributed by atoms with Crippen LogP contribution in [0.4, 0.5) is 0 Å². The lowest BCUT2D eigenvalue weighted by molar-refractivity contribution is 0.261. The van der Waals surface area contributed by atoms with Crippen LogP contribution in [0.5, 0.6) is 0 Å². The van der Waals surface area contributed by atoms with Crippen LogP contribution in [0.1, 0.15) is 119 Å². The molecule has 0 aromatic carbocycles. The summed E-state index contributed by atoms with van der Waals surface area (Å²) < 4.78 is 0. The predicted octanol–water partition coefficient (Wildman–Crippen LogP) is 7.80. The van der Waals surface area contributed by atoms with Gasteiger partial charge in [0.1, 0.15) is 0 Å². The average molecular weight is 407 g/mol. The third kappa shape index (κ3) is 26.2. The van der Waals surface area contributed by atoms with Gasteiger partial charge >= 0.3 is 0 Å². The van der Waals surface area contributed by atoms with E-state index in [4.69, 9.17) is 0 Å². The van der Waals surface area contributed by atoms with Crippen molar-refractivity contribution >= 4 is 12.4 Å². The minimum Gasteiger partial charge on any atom is -0.303 e. The molecule has 0 N–H and O–H groups in total. The van der Waals surface area contributed by atoms with E-state index in [1.54, 1.807) is 0 Å². The van der Waals surface area contributed by atoms with Crippen LogP contribution in [-0.2, 0) is 0 Å². The first kappa shape index (κ1) is 31.9. The van der Waals surface area contributed by atoms with Gasteiger partial charge in [-0.3, -0.25) is 0 Å². The molecule has 0 aliphatic heterocycles. The summed E-state index contributed by atoms with van der Waals surface area (Å²) in [5, 5.41) is 0. The van der Waals surface area contributed by atoms with Gasteiger partial charge in [0.05, 0.1) is 0 Å². The van der Waals surface area contributed by atoms with Gasteiger partial charge in [-0.05, 0) is 77.8 Å². The highest BCUT2D eigenvalue weighted by Gasteiger charge is 2.02. The van der Waals surface area contributed by atoms with Crippen LogP contribution in [0.15, 0.2) is 0 Å². The number of unbranched alkanes of at least 4 members (excludes halogenated alkanes) is 6. The lowest BCUT2D eigenvalue weighted by Gasteiger charge is -2.21. The normalized spacial score (nSPS) is 10.7. The van der Waals surface area contributed by atoms with E-state index in [2.05, 4.69) is 51.3 Å². The Kier molecular flexibility index (Phi) is 33.6. The number of halogens is 1. The molecule has 0 fully saturated rings. The molecule has 2 nitrogen and oxygen atoms in total. The maximum atomic E-state index is 2.64. The minimum absolute atomic E-state index is 0. The molecular formula is C24H55ClN2. The van der Waals surface area contributed by atoms with Crippen LogP contribution in [0, 0.1) is 0 Å². The molecule has 0 saturated carbocycles. The maximum Gasteiger partial charge on any atom is -0.00188 e. The van der Waals surface area contributed by atoms with Crippen molar-refractivity contribution in [3.8, 4) is 0 Å². The Hall–Kier alpha value is 0.210. The van der Waals surface area contributed by atoms with Gasteiger partial charge in [0.2, 0.25) is 0 Å². The van der Waals surface area contributed by atoms with E-state index < -0.39 is 0 Å². The second kappa shape index (κ2) is 28.4. The molecule has 0 aliphatic rings. The summed E-state index contributed by atoms with van der Waals surface area (Å²) in [5.74, 6) is 0. The van der Waals surface area contributed by atoms with Crippen LogP contribution >= 0.6 is 12.4 Å². The van der Waals surface area contributed by atoms with Gasteiger partial charge in [-0.2, -0.15) is 0 Å². The van der Waals surface area contributed by atoms with Crippen molar-refractivity contribution in [3.63, 3.8) is 0 Å². The van der Waals surface area contributed by atoms with Gasteiger partial charge in [0.15, 0.2) is 0 Å². The fraction of sp³-hybridized carbons (Fsp3) is 1.00. The van der Waals surface area contributed by atoms with E-state index in [-0.39, 0.29) is 12.4 Å². The highest BCUT2D eigenvalue weighted by Crippen LogP contribution is 2.02. The zero-order valence-electron chi connectivity index (χ0n) is 20.0. The third-order valence-electron chi connectivity index (χ3n) is 4.97. The quantitative estimate of drug-likeness (QED) is 0.229. The van der Waals surface area contributed by atoms with Crippen molar-refractivity contribution in [2.24, 2.45) is 0 Å². The molecule has 0 aromatic rings. The summed E-state index contributed by atoms with van der Waals surface area (Å²) >= 11 is 0. The van der Waals surface area contributed by atoms with E-state index in [1.807, 2.05) is 0 Å². The molecule has 0 unspecified atom stereocenters. The number of rotatable bonds is 18. The van der Waals surface area contributed by atoms with Crippen molar-refractivity contribution in [1.82, 2.24) is 9.80 Å². The van der Waals surface area contributed by atoms with E-state index in [9.17, 15) is 0 Å². The van der Waals surface area contributed by atoms with Crippen molar-refractivity contribution in [1.29, 1.82) is 0 Å². The first-order chi connectivity index (χ1) is 12.7. The smallest absolute Gasteiger partial charge is 0.00188 e. The van der Waals surface area contributed by atoms with Gasteiger partial charge < -0.3 is 9.80 Å². The summed E-state index contributed by atoms with van der Waals surface area (Å²) in [5.41, 5.74) is 0. The SMILES string of the molecule is CCCCN(CCCC)CCCC.CCCCN(CCCC)CCCC.Cl. The van der Waals surface area contributed by atoms with Crippen LogP contribution in [-0.4, -0.2) is 49.1 Å². The first-order valence-corrected chi connectivity index (χ1v) is 12.1. The molecule has 0 bridgehead atoms. The summed E-state index contributed by atoms with van der Waals surface area (Å²) in [4.78, 5) is 5.27. The Labute approximate surface area is 180 Å². The standard InChI is InChI=1S/2C12H27N.ClH/c2*1-4-7-10-13(11-8-5-2)12-9-6-3;/h2*4-12H2,1-3H3;1H. The number of nitrogens with zero attached hydrogens (tertiary/aromatic N) is 2. The fourth-order valence-electron chi connectivity index (χ4n) is 2.96. The van der Waals surface area contributed by atoms with Gasteiger partial charge in [-0.1, -0.05) is 80.1 Å². The van der Waals surface area contributed by atoms with Gasteiger partial charge in [0.25, 0.3) is 0 Å². The maximum absolute atomic E-state index is 2.64. The Bertz CT molecular complexity index is 174. The van der Waals surface area contributed by atoms with Crippen LogP contribution < -0.4 is 0 Å². The molecule has 0 heterocycles. The van der Waals surface area contributed by atoms with Crippen molar-refractivity contribution in [3.05, 3.63) is 0 Å². The van der Waals surface area contributed by atoms with Crippen molar-refractivity contribution < 1.29 is 0 Å². The number of hydrogen-bond donors (Lipinski definition) is 0. The average Bonchev–Trinajstić information content (AvgIpc) is 2.67. The molecule has 0 spiro atoms. The van der Waals surface area contributed by atoms with Crippen LogP contribution in [0.2, 0.25) is 0 Å². The van der Waals surface area contributed by atoms with E-state index in [0.717, 1.165) is 0 Å². The molecule has 0 aromatic heterocycles. The van der Waals surface area contributed by atoms with Crippen molar-refractivity contribution in [2.75, 3.05) is 39.3 Å². The number of hydrogen-bond acceptors (Lipinski definition) is 2.